The SMILES string of the molecule is O=[N+]([O-])c1cccc2ncnc(NCCc3cnn(-c4ccccc4)c3)c12. The number of non-ortho nitro benzene ring substituents is 1. The molecule has 0 bridgehead atoms. The van der Waals surface area contributed by atoms with E-state index in [0.717, 1.165) is 11.3 Å². The lowest BCUT2D eigenvalue weighted by Crippen LogP contribution is -2.07. The molecule has 4 rings (SSSR count). The van der Waals surface area contributed by atoms with E-state index >= 15 is 0 Å². The van der Waals surface area contributed by atoms with Gasteiger partial charge in [-0.1, -0.05) is 24.3 Å². The number of nitrogens with one attached hydrogen (secondary N) is 1. The van der Waals surface area contributed by atoms with Gasteiger partial charge in [-0.25, -0.2) is 14.6 Å². The van der Waals surface area contributed by atoms with E-state index in [-0.39, 0.29) is 5.69 Å². The maximum Gasteiger partial charge on any atom is 0.282 e. The van der Waals surface area contributed by atoms with Crippen LogP contribution in [0.1, 0.15) is 5.56 Å². The third-order valence-electron chi connectivity index (χ3n) is 4.20. The second-order valence-corrected chi connectivity index (χ2v) is 5.96. The third-order valence-corrected chi connectivity index (χ3v) is 4.20. The summed E-state index contributed by atoms with van der Waals surface area (Å²) in [5.41, 5.74) is 2.58. The van der Waals surface area contributed by atoms with E-state index in [4.69, 9.17) is 0 Å². The molecule has 0 aliphatic carbocycles. The molecule has 0 spiro atoms. The van der Waals surface area contributed by atoms with Crippen LogP contribution < -0.4 is 5.32 Å². The smallest absolute Gasteiger partial charge is 0.282 e. The van der Waals surface area contributed by atoms with Crippen molar-refractivity contribution in [3.63, 3.8) is 0 Å². The third kappa shape index (κ3) is 3.45. The van der Waals surface area contributed by atoms with E-state index < -0.39 is 4.92 Å². The molecule has 27 heavy (non-hydrogen) atoms. The average molecular weight is 360 g/mol. The fourth-order valence-electron chi connectivity index (χ4n) is 2.91. The molecule has 2 aromatic carbocycles. The molecule has 0 aliphatic rings. The Balaban J connectivity index is 1.50. The van der Waals surface area contributed by atoms with Gasteiger partial charge in [0.2, 0.25) is 0 Å². The molecule has 1 N–H and O–H groups in total. The second-order valence-electron chi connectivity index (χ2n) is 5.96. The number of hydrogen-bond acceptors (Lipinski definition) is 6. The molecule has 8 heteroatoms. The van der Waals surface area contributed by atoms with Crippen LogP contribution in [0.3, 0.4) is 0 Å². The molecule has 0 saturated carbocycles. The quantitative estimate of drug-likeness (QED) is 0.418. The standard InChI is InChI=1S/C19H16N6O2/c26-25(27)17-8-4-7-16-18(17)19(22-13-21-16)20-10-9-14-11-23-24(12-14)15-5-2-1-3-6-15/h1-8,11-13H,9-10H2,(H,20,21,22). The van der Waals surface area contributed by atoms with Crippen molar-refractivity contribution in [2.24, 2.45) is 0 Å². The van der Waals surface area contributed by atoms with E-state index in [1.54, 1.807) is 12.1 Å². The van der Waals surface area contributed by atoms with Crippen LogP contribution in [0.25, 0.3) is 16.6 Å². The Morgan fingerprint density at radius 3 is 2.74 bits per heavy atom. The molecular formula is C19H16N6O2. The summed E-state index contributed by atoms with van der Waals surface area (Å²) in [5, 5.41) is 19.3. The highest BCUT2D eigenvalue weighted by atomic mass is 16.6. The predicted octanol–water partition coefficient (Wildman–Crippen LogP) is 3.38. The molecule has 0 radical (unpaired) electrons. The van der Waals surface area contributed by atoms with Crippen molar-refractivity contribution in [2.75, 3.05) is 11.9 Å². The highest BCUT2D eigenvalue weighted by molar-refractivity contribution is 5.96. The number of benzene rings is 2. The van der Waals surface area contributed by atoms with E-state index in [9.17, 15) is 10.1 Å². The maximum atomic E-state index is 11.3. The summed E-state index contributed by atoms with van der Waals surface area (Å²) < 4.78 is 1.82. The van der Waals surface area contributed by atoms with E-state index in [0.29, 0.717) is 29.7 Å². The fourth-order valence-corrected chi connectivity index (χ4v) is 2.91. The van der Waals surface area contributed by atoms with Crippen LogP contribution in [-0.4, -0.2) is 31.2 Å². The van der Waals surface area contributed by atoms with Crippen LogP contribution in [0.15, 0.2) is 67.3 Å². The van der Waals surface area contributed by atoms with Crippen LogP contribution in [0.2, 0.25) is 0 Å². The second kappa shape index (κ2) is 7.20. The van der Waals surface area contributed by atoms with Crippen LogP contribution in [0.5, 0.6) is 0 Å². The number of rotatable bonds is 6. The Kier molecular flexibility index (Phi) is 4.44. The lowest BCUT2D eigenvalue weighted by Gasteiger charge is -2.08. The highest BCUT2D eigenvalue weighted by Crippen LogP contribution is 2.29. The summed E-state index contributed by atoms with van der Waals surface area (Å²) in [5.74, 6) is 0.461. The Morgan fingerprint density at radius 2 is 1.93 bits per heavy atom. The molecule has 2 heterocycles. The van der Waals surface area contributed by atoms with E-state index in [2.05, 4.69) is 20.4 Å². The first-order valence-corrected chi connectivity index (χ1v) is 8.43. The molecule has 0 amide bonds. The van der Waals surface area contributed by atoms with Crippen molar-refractivity contribution >= 4 is 22.4 Å². The normalized spacial score (nSPS) is 10.8. The van der Waals surface area contributed by atoms with Crippen LogP contribution in [-0.2, 0) is 6.42 Å². The average Bonchev–Trinajstić information content (AvgIpc) is 3.17. The molecule has 0 fully saturated rings. The highest BCUT2D eigenvalue weighted by Gasteiger charge is 2.16. The lowest BCUT2D eigenvalue weighted by atomic mass is 10.2. The number of aromatic nitrogens is 4. The molecule has 0 unspecified atom stereocenters. The monoisotopic (exact) mass is 360 g/mol. The number of nitrogens with zero attached hydrogens (tertiary/aromatic N) is 5. The first-order chi connectivity index (χ1) is 13.2. The zero-order valence-corrected chi connectivity index (χ0v) is 14.3. The Bertz CT molecular complexity index is 1090. The van der Waals surface area contributed by atoms with Crippen LogP contribution >= 0.6 is 0 Å². The molecule has 2 aromatic heterocycles. The zero-order valence-electron chi connectivity index (χ0n) is 14.3. The summed E-state index contributed by atoms with van der Waals surface area (Å²) in [6.07, 6.45) is 5.90. The summed E-state index contributed by atoms with van der Waals surface area (Å²) in [4.78, 5) is 19.2. The summed E-state index contributed by atoms with van der Waals surface area (Å²) in [6.45, 7) is 0.568. The van der Waals surface area contributed by atoms with Crippen molar-refractivity contribution in [1.82, 2.24) is 19.7 Å². The van der Waals surface area contributed by atoms with Gasteiger partial charge in [-0.15, -0.1) is 0 Å². The Morgan fingerprint density at radius 1 is 1.07 bits per heavy atom. The first-order valence-electron chi connectivity index (χ1n) is 8.43. The van der Waals surface area contributed by atoms with Gasteiger partial charge in [-0.3, -0.25) is 10.1 Å². The molecule has 0 atom stereocenters. The van der Waals surface area contributed by atoms with E-state index in [1.807, 2.05) is 47.4 Å². The Labute approximate surface area is 154 Å². The summed E-state index contributed by atoms with van der Waals surface area (Å²) >= 11 is 0. The molecule has 0 saturated heterocycles. The number of anilines is 1. The van der Waals surface area contributed by atoms with Crippen molar-refractivity contribution in [3.05, 3.63) is 82.9 Å². The van der Waals surface area contributed by atoms with Crippen LogP contribution in [0.4, 0.5) is 11.5 Å². The zero-order chi connectivity index (χ0) is 18.6. The molecule has 4 aromatic rings. The molecule has 8 nitrogen and oxygen atoms in total. The van der Waals surface area contributed by atoms with Gasteiger partial charge >= 0.3 is 0 Å². The minimum atomic E-state index is -0.416. The van der Waals surface area contributed by atoms with Gasteiger partial charge in [0.25, 0.3) is 5.69 Å². The topological polar surface area (TPSA) is 98.8 Å². The van der Waals surface area contributed by atoms with Gasteiger partial charge < -0.3 is 5.32 Å². The van der Waals surface area contributed by atoms with E-state index in [1.165, 1.54) is 12.4 Å². The van der Waals surface area contributed by atoms with Gasteiger partial charge in [0.05, 0.1) is 22.3 Å². The van der Waals surface area contributed by atoms with Gasteiger partial charge in [0, 0.05) is 18.8 Å². The Hall–Kier alpha value is -3.81. The number of nitro benzene ring substituents is 1. The summed E-state index contributed by atoms with van der Waals surface area (Å²) in [6, 6.07) is 14.7. The lowest BCUT2D eigenvalue weighted by molar-refractivity contribution is -0.383. The van der Waals surface area contributed by atoms with Crippen molar-refractivity contribution in [3.8, 4) is 5.69 Å². The minimum absolute atomic E-state index is 0.00695. The van der Waals surface area contributed by atoms with Gasteiger partial charge in [0.1, 0.15) is 17.5 Å². The fraction of sp³-hybridized carbons (Fsp3) is 0.105. The van der Waals surface area contributed by atoms with Crippen molar-refractivity contribution in [2.45, 2.75) is 6.42 Å². The number of para-hydroxylation sites is 1. The minimum Gasteiger partial charge on any atom is -0.369 e. The van der Waals surface area contributed by atoms with Crippen molar-refractivity contribution < 1.29 is 4.92 Å². The first kappa shape index (κ1) is 16.6. The number of nitro groups is 1. The summed E-state index contributed by atoms with van der Waals surface area (Å²) in [7, 11) is 0. The molecular weight excluding hydrogens is 344 g/mol. The molecule has 0 aliphatic heterocycles. The maximum absolute atomic E-state index is 11.3. The van der Waals surface area contributed by atoms with Gasteiger partial charge in [0.15, 0.2) is 0 Å². The molecule has 134 valence electrons. The predicted molar refractivity (Wildman–Crippen MR) is 102 cm³/mol. The van der Waals surface area contributed by atoms with Gasteiger partial charge in [-0.2, -0.15) is 5.10 Å². The number of fused-ring (bicyclic) bond motifs is 1. The largest absolute Gasteiger partial charge is 0.369 e. The number of hydrogen-bond donors (Lipinski definition) is 1. The van der Waals surface area contributed by atoms with Crippen LogP contribution in [0, 0.1) is 10.1 Å². The van der Waals surface area contributed by atoms with Gasteiger partial charge in [-0.05, 0) is 30.2 Å². The van der Waals surface area contributed by atoms with Crippen molar-refractivity contribution in [1.29, 1.82) is 0 Å².